The second-order valence-corrected chi connectivity index (χ2v) is 10.2. The van der Waals surface area contributed by atoms with Gasteiger partial charge in [-0.2, -0.15) is 0 Å². The second kappa shape index (κ2) is 12.5. The second-order valence-electron chi connectivity index (χ2n) is 9.02. The van der Waals surface area contributed by atoms with Crippen LogP contribution in [0.5, 0.6) is 0 Å². The molecule has 0 bridgehead atoms. The molecule has 1 unspecified atom stereocenters. The standard InChI is InChI=1S/C28H39N3O3S/c1-7-15-29(16-8-2)35-24-13-11-22(12-14-24)27(32)30-19-23(9-3)31(28(33)34-10-4)26-18-21(6)20(5)17-25(26)30/h11-14,17-18,23H,7-10,15-16,19H2,1-6H3. The molecule has 35 heavy (non-hydrogen) atoms. The van der Waals surface area contributed by atoms with Gasteiger partial charge in [0.05, 0.1) is 24.0 Å². The van der Waals surface area contributed by atoms with Gasteiger partial charge in [0.25, 0.3) is 5.91 Å². The van der Waals surface area contributed by atoms with Crippen LogP contribution in [0.1, 0.15) is 68.4 Å². The average molecular weight is 498 g/mol. The Morgan fingerprint density at radius 2 is 1.57 bits per heavy atom. The van der Waals surface area contributed by atoms with Gasteiger partial charge < -0.3 is 9.64 Å². The Morgan fingerprint density at radius 3 is 2.11 bits per heavy atom. The van der Waals surface area contributed by atoms with E-state index in [-0.39, 0.29) is 18.0 Å². The number of nitrogens with zero attached hydrogens (tertiary/aromatic N) is 3. The van der Waals surface area contributed by atoms with Crippen molar-refractivity contribution in [1.29, 1.82) is 0 Å². The fourth-order valence-corrected chi connectivity index (χ4v) is 5.50. The molecule has 190 valence electrons. The molecule has 0 N–H and O–H groups in total. The average Bonchev–Trinajstić information content (AvgIpc) is 2.84. The number of amides is 2. The third kappa shape index (κ3) is 6.19. The van der Waals surface area contributed by atoms with Crippen LogP contribution in [0.3, 0.4) is 0 Å². The normalized spacial score (nSPS) is 15.3. The van der Waals surface area contributed by atoms with E-state index in [0.29, 0.717) is 18.7 Å². The van der Waals surface area contributed by atoms with Crippen molar-refractivity contribution >= 4 is 35.3 Å². The lowest BCUT2D eigenvalue weighted by molar-refractivity contribution is 0.0981. The van der Waals surface area contributed by atoms with Gasteiger partial charge in [-0.15, -0.1) is 0 Å². The van der Waals surface area contributed by atoms with E-state index in [2.05, 4.69) is 18.2 Å². The van der Waals surface area contributed by atoms with Crippen LogP contribution in [0, 0.1) is 13.8 Å². The SMILES string of the molecule is CCCN(CCC)Sc1ccc(C(=O)N2CC(CC)N(C(=O)OCC)c3cc(C)c(C)cc32)cc1. The lowest BCUT2D eigenvalue weighted by Gasteiger charge is -2.42. The largest absolute Gasteiger partial charge is 0.449 e. The Morgan fingerprint density at radius 1 is 0.971 bits per heavy atom. The summed E-state index contributed by atoms with van der Waals surface area (Å²) in [5.74, 6) is -0.0491. The maximum Gasteiger partial charge on any atom is 0.414 e. The summed E-state index contributed by atoms with van der Waals surface area (Å²) in [7, 11) is 0. The van der Waals surface area contributed by atoms with E-state index in [1.165, 1.54) is 0 Å². The third-order valence-corrected chi connectivity index (χ3v) is 7.47. The van der Waals surface area contributed by atoms with Gasteiger partial charge >= 0.3 is 6.09 Å². The first-order valence-electron chi connectivity index (χ1n) is 12.8. The summed E-state index contributed by atoms with van der Waals surface area (Å²) in [6, 6.07) is 11.8. The van der Waals surface area contributed by atoms with E-state index in [1.807, 2.05) is 69.0 Å². The lowest BCUT2D eigenvalue weighted by Crippen LogP contribution is -2.53. The molecular weight excluding hydrogens is 458 g/mol. The molecule has 0 aromatic heterocycles. The zero-order valence-corrected chi connectivity index (χ0v) is 22.8. The Bertz CT molecular complexity index is 1020. The molecule has 6 nitrogen and oxygen atoms in total. The predicted octanol–water partition coefficient (Wildman–Crippen LogP) is 6.83. The highest BCUT2D eigenvalue weighted by Gasteiger charge is 2.37. The number of carbonyl (C=O) groups excluding carboxylic acids is 2. The number of hydrogen-bond donors (Lipinski definition) is 0. The number of fused-ring (bicyclic) bond motifs is 1. The number of ether oxygens (including phenoxy) is 1. The van der Waals surface area contributed by atoms with Crippen molar-refractivity contribution in [2.24, 2.45) is 0 Å². The van der Waals surface area contributed by atoms with Crippen LogP contribution in [0.4, 0.5) is 16.2 Å². The molecule has 0 aliphatic carbocycles. The van der Waals surface area contributed by atoms with Gasteiger partial charge in [-0.3, -0.25) is 9.69 Å². The molecule has 0 spiro atoms. The quantitative estimate of drug-likeness (QED) is 0.355. The maximum absolute atomic E-state index is 13.7. The Kier molecular flexibility index (Phi) is 9.63. The minimum atomic E-state index is -0.360. The first kappa shape index (κ1) is 27.1. The van der Waals surface area contributed by atoms with E-state index in [1.54, 1.807) is 16.8 Å². The molecule has 0 saturated heterocycles. The van der Waals surface area contributed by atoms with Crippen molar-refractivity contribution in [2.45, 2.75) is 71.7 Å². The van der Waals surface area contributed by atoms with Gasteiger partial charge in [0.1, 0.15) is 0 Å². The van der Waals surface area contributed by atoms with Crippen molar-refractivity contribution in [1.82, 2.24) is 4.31 Å². The van der Waals surface area contributed by atoms with Gasteiger partial charge in [-0.05, 0) is 99.5 Å². The summed E-state index contributed by atoms with van der Waals surface area (Å²) in [4.78, 5) is 31.3. The van der Waals surface area contributed by atoms with Crippen molar-refractivity contribution in [3.8, 4) is 0 Å². The molecule has 7 heteroatoms. The van der Waals surface area contributed by atoms with Crippen LogP contribution in [0.2, 0.25) is 0 Å². The van der Waals surface area contributed by atoms with Gasteiger partial charge in [0, 0.05) is 30.1 Å². The summed E-state index contributed by atoms with van der Waals surface area (Å²) < 4.78 is 7.75. The van der Waals surface area contributed by atoms with Crippen molar-refractivity contribution < 1.29 is 14.3 Å². The molecule has 2 amide bonds. The number of aryl methyl sites for hydroxylation is 2. The lowest BCUT2D eigenvalue weighted by atomic mass is 9.99. The van der Waals surface area contributed by atoms with Gasteiger partial charge in [-0.1, -0.05) is 20.8 Å². The topological polar surface area (TPSA) is 53.1 Å². The number of hydrogen-bond acceptors (Lipinski definition) is 5. The number of rotatable bonds is 9. The van der Waals surface area contributed by atoms with Gasteiger partial charge in [0.15, 0.2) is 0 Å². The molecule has 1 aliphatic heterocycles. The van der Waals surface area contributed by atoms with Crippen LogP contribution >= 0.6 is 11.9 Å². The molecule has 1 heterocycles. The third-order valence-electron chi connectivity index (χ3n) is 6.36. The van der Waals surface area contributed by atoms with Crippen LogP contribution < -0.4 is 9.80 Å². The van der Waals surface area contributed by atoms with E-state index in [4.69, 9.17) is 4.74 Å². The zero-order valence-electron chi connectivity index (χ0n) is 22.0. The van der Waals surface area contributed by atoms with Crippen molar-refractivity contribution in [3.05, 3.63) is 53.1 Å². The van der Waals surface area contributed by atoms with Crippen LogP contribution in [-0.2, 0) is 4.74 Å². The maximum atomic E-state index is 13.7. The molecule has 1 aliphatic rings. The van der Waals surface area contributed by atoms with E-state index in [9.17, 15) is 9.59 Å². The monoisotopic (exact) mass is 497 g/mol. The van der Waals surface area contributed by atoms with E-state index < -0.39 is 0 Å². The molecular formula is C28H39N3O3S. The fraction of sp³-hybridized carbons (Fsp3) is 0.500. The highest BCUT2D eigenvalue weighted by atomic mass is 32.2. The van der Waals surface area contributed by atoms with Crippen LogP contribution in [-0.4, -0.2) is 48.6 Å². The van der Waals surface area contributed by atoms with Crippen molar-refractivity contribution in [2.75, 3.05) is 36.0 Å². The predicted molar refractivity (Wildman–Crippen MR) is 146 cm³/mol. The molecule has 0 saturated carbocycles. The Labute approximate surface area is 214 Å². The number of benzene rings is 2. The minimum absolute atomic E-state index is 0.0491. The molecule has 2 aromatic rings. The molecule has 0 radical (unpaired) electrons. The smallest absolute Gasteiger partial charge is 0.414 e. The summed E-state index contributed by atoms with van der Waals surface area (Å²) in [5.41, 5.74) is 4.30. The fourth-order valence-electron chi connectivity index (χ4n) is 4.39. The van der Waals surface area contributed by atoms with Crippen molar-refractivity contribution in [3.63, 3.8) is 0 Å². The molecule has 0 fully saturated rings. The first-order valence-corrected chi connectivity index (χ1v) is 13.5. The Hall–Kier alpha value is -2.51. The zero-order chi connectivity index (χ0) is 25.5. The molecule has 1 atom stereocenters. The summed E-state index contributed by atoms with van der Waals surface area (Å²) in [5, 5.41) is 0. The van der Waals surface area contributed by atoms with Crippen LogP contribution in [0.25, 0.3) is 0 Å². The highest BCUT2D eigenvalue weighted by Crippen LogP contribution is 2.39. The number of anilines is 2. The van der Waals surface area contributed by atoms with Gasteiger partial charge in [0.2, 0.25) is 0 Å². The van der Waals surface area contributed by atoms with E-state index >= 15 is 0 Å². The Balaban J connectivity index is 1.92. The van der Waals surface area contributed by atoms with Gasteiger partial charge in [-0.25, -0.2) is 9.10 Å². The molecule has 2 aromatic carbocycles. The summed E-state index contributed by atoms with van der Waals surface area (Å²) >= 11 is 1.75. The highest BCUT2D eigenvalue weighted by molar-refractivity contribution is 7.97. The van der Waals surface area contributed by atoms with Crippen LogP contribution in [0.15, 0.2) is 41.3 Å². The minimum Gasteiger partial charge on any atom is -0.449 e. The summed E-state index contributed by atoms with van der Waals surface area (Å²) in [6.45, 7) is 15.1. The first-order chi connectivity index (χ1) is 16.8. The van der Waals surface area contributed by atoms with E-state index in [0.717, 1.165) is 59.7 Å². The molecule has 3 rings (SSSR count). The number of carbonyl (C=O) groups is 2. The summed E-state index contributed by atoms with van der Waals surface area (Å²) in [6.07, 6.45) is 2.58.